The van der Waals surface area contributed by atoms with E-state index in [-0.39, 0.29) is 17.6 Å². The second kappa shape index (κ2) is 7.73. The van der Waals surface area contributed by atoms with Crippen LogP contribution in [-0.4, -0.2) is 49.7 Å². The first kappa shape index (κ1) is 19.2. The maximum absolute atomic E-state index is 13.8. The van der Waals surface area contributed by atoms with Crippen LogP contribution in [0.5, 0.6) is 5.75 Å². The number of halogens is 2. The summed E-state index contributed by atoms with van der Waals surface area (Å²) in [5.41, 5.74) is 2.27. The summed E-state index contributed by atoms with van der Waals surface area (Å²) in [6.07, 6.45) is 4.06. The first-order valence-corrected chi connectivity index (χ1v) is 9.48. The number of rotatable bonds is 4. The Balaban J connectivity index is 1.49. The van der Waals surface area contributed by atoms with E-state index in [4.69, 9.17) is 4.74 Å². The van der Waals surface area contributed by atoms with Crippen LogP contribution in [0, 0.1) is 11.6 Å². The van der Waals surface area contributed by atoms with Crippen molar-refractivity contribution in [2.75, 3.05) is 13.1 Å². The van der Waals surface area contributed by atoms with E-state index in [1.54, 1.807) is 28.9 Å². The van der Waals surface area contributed by atoms with Gasteiger partial charge in [-0.3, -0.25) is 4.79 Å². The Bertz CT molecular complexity index is 1050. The molecular weight excluding hydrogens is 380 g/mol. The first-order chi connectivity index (χ1) is 13.9. The van der Waals surface area contributed by atoms with Crippen molar-refractivity contribution in [1.29, 1.82) is 0 Å². The Labute approximate surface area is 166 Å². The zero-order valence-electron chi connectivity index (χ0n) is 16.2. The molecule has 0 N–H and O–H groups in total. The number of aryl methyl sites for hydroxylation is 1. The molecule has 3 aromatic rings. The molecule has 2 unspecified atom stereocenters. The predicted octanol–water partition coefficient (Wildman–Crippen LogP) is 2.82. The normalized spacial score (nSPS) is 18.1. The molecule has 0 aliphatic carbocycles. The summed E-state index contributed by atoms with van der Waals surface area (Å²) in [7, 11) is 1.82. The number of carbonyl (C=O) groups excluding carboxylic acids is 1. The lowest BCUT2D eigenvalue weighted by Gasteiger charge is -2.33. The maximum atomic E-state index is 13.8. The molecule has 29 heavy (non-hydrogen) atoms. The number of ether oxygens (including phenoxy) is 1. The lowest BCUT2D eigenvalue weighted by molar-refractivity contribution is -0.139. The number of hydrogen-bond acceptors (Lipinski definition) is 5. The summed E-state index contributed by atoms with van der Waals surface area (Å²) in [5.74, 6) is -1.89. The Kier molecular flexibility index (Phi) is 5.12. The number of amides is 1. The lowest BCUT2D eigenvalue weighted by atomic mass is 9.94. The van der Waals surface area contributed by atoms with Crippen LogP contribution in [0.15, 0.2) is 30.6 Å². The third-order valence-electron chi connectivity index (χ3n) is 5.15. The minimum atomic E-state index is -0.894. The average molecular weight is 401 g/mol. The van der Waals surface area contributed by atoms with Crippen LogP contribution >= 0.6 is 0 Å². The monoisotopic (exact) mass is 401 g/mol. The smallest absolute Gasteiger partial charge is 0.263 e. The Morgan fingerprint density at radius 2 is 2.07 bits per heavy atom. The van der Waals surface area contributed by atoms with Crippen molar-refractivity contribution in [1.82, 2.24) is 24.6 Å². The van der Waals surface area contributed by atoms with Gasteiger partial charge in [0.05, 0.1) is 5.69 Å². The molecule has 1 aliphatic rings. The van der Waals surface area contributed by atoms with Crippen molar-refractivity contribution < 1.29 is 18.3 Å². The maximum Gasteiger partial charge on any atom is 0.263 e. The molecule has 1 fully saturated rings. The molecule has 1 saturated heterocycles. The summed E-state index contributed by atoms with van der Waals surface area (Å²) in [6.45, 7) is 2.63. The SMILES string of the molecule is CC(Oc1ccc(F)cc1F)C(=O)N1CCCC(c2nn(C)c3nccnc23)C1. The van der Waals surface area contributed by atoms with Crippen LogP contribution < -0.4 is 4.74 Å². The van der Waals surface area contributed by atoms with E-state index < -0.39 is 17.7 Å². The van der Waals surface area contributed by atoms with Crippen LogP contribution in [0.4, 0.5) is 8.78 Å². The summed E-state index contributed by atoms with van der Waals surface area (Å²) >= 11 is 0. The van der Waals surface area contributed by atoms with Crippen molar-refractivity contribution >= 4 is 17.1 Å². The fourth-order valence-corrected chi connectivity index (χ4v) is 3.75. The fourth-order valence-electron chi connectivity index (χ4n) is 3.75. The second-order valence-corrected chi connectivity index (χ2v) is 7.20. The predicted molar refractivity (Wildman–Crippen MR) is 101 cm³/mol. The largest absolute Gasteiger partial charge is 0.478 e. The lowest BCUT2D eigenvalue weighted by Crippen LogP contribution is -2.45. The van der Waals surface area contributed by atoms with Gasteiger partial charge in [0.25, 0.3) is 5.91 Å². The molecule has 0 saturated carbocycles. The van der Waals surface area contributed by atoms with Gasteiger partial charge in [-0.25, -0.2) is 23.4 Å². The molecule has 2 atom stereocenters. The summed E-state index contributed by atoms with van der Waals surface area (Å²) in [4.78, 5) is 23.3. The topological polar surface area (TPSA) is 73.1 Å². The number of hydrogen-bond donors (Lipinski definition) is 0. The number of fused-ring (bicyclic) bond motifs is 1. The van der Waals surface area contributed by atoms with Crippen LogP contribution in [0.3, 0.4) is 0 Å². The van der Waals surface area contributed by atoms with Crippen molar-refractivity contribution in [2.24, 2.45) is 7.05 Å². The van der Waals surface area contributed by atoms with Crippen LogP contribution in [0.25, 0.3) is 11.2 Å². The molecule has 9 heteroatoms. The summed E-state index contributed by atoms with van der Waals surface area (Å²) < 4.78 is 34.1. The molecule has 3 heterocycles. The van der Waals surface area contributed by atoms with Gasteiger partial charge in [-0.15, -0.1) is 0 Å². The van der Waals surface area contributed by atoms with Crippen LogP contribution in [0.2, 0.25) is 0 Å². The Morgan fingerprint density at radius 1 is 1.28 bits per heavy atom. The molecule has 1 amide bonds. The highest BCUT2D eigenvalue weighted by molar-refractivity contribution is 5.81. The zero-order valence-corrected chi connectivity index (χ0v) is 16.2. The molecule has 1 aliphatic heterocycles. The summed E-state index contributed by atoms with van der Waals surface area (Å²) in [5, 5.41) is 4.58. The first-order valence-electron chi connectivity index (χ1n) is 9.48. The third-order valence-corrected chi connectivity index (χ3v) is 5.15. The molecular formula is C20H21F2N5O2. The van der Waals surface area contributed by atoms with Crippen LogP contribution in [-0.2, 0) is 11.8 Å². The van der Waals surface area contributed by atoms with E-state index in [9.17, 15) is 13.6 Å². The molecule has 1 aromatic carbocycles. The molecule has 0 spiro atoms. The number of aromatic nitrogens is 4. The van der Waals surface area contributed by atoms with Crippen molar-refractivity contribution in [3.8, 4) is 5.75 Å². The van der Waals surface area contributed by atoms with Crippen molar-refractivity contribution in [2.45, 2.75) is 31.8 Å². The van der Waals surface area contributed by atoms with Gasteiger partial charge in [0.1, 0.15) is 11.3 Å². The molecule has 152 valence electrons. The van der Waals surface area contributed by atoms with Gasteiger partial charge in [-0.2, -0.15) is 5.10 Å². The van der Waals surface area contributed by atoms with E-state index in [1.807, 2.05) is 7.05 Å². The van der Waals surface area contributed by atoms with Gasteiger partial charge in [0, 0.05) is 44.5 Å². The molecule has 0 bridgehead atoms. The van der Waals surface area contributed by atoms with E-state index >= 15 is 0 Å². The molecule has 7 nitrogen and oxygen atoms in total. The van der Waals surface area contributed by atoms with Gasteiger partial charge in [0.15, 0.2) is 23.3 Å². The number of piperidine rings is 1. The van der Waals surface area contributed by atoms with E-state index in [1.165, 1.54) is 6.07 Å². The number of benzene rings is 1. The number of carbonyl (C=O) groups is 1. The third kappa shape index (κ3) is 3.76. The van der Waals surface area contributed by atoms with Gasteiger partial charge in [0.2, 0.25) is 0 Å². The molecule has 2 aromatic heterocycles. The van der Waals surface area contributed by atoms with Gasteiger partial charge < -0.3 is 9.64 Å². The van der Waals surface area contributed by atoms with Crippen molar-refractivity contribution in [3.63, 3.8) is 0 Å². The van der Waals surface area contributed by atoms with Gasteiger partial charge in [-0.1, -0.05) is 0 Å². The molecule has 4 rings (SSSR count). The fraction of sp³-hybridized carbons (Fsp3) is 0.400. The number of nitrogens with zero attached hydrogens (tertiary/aromatic N) is 5. The van der Waals surface area contributed by atoms with Crippen LogP contribution in [0.1, 0.15) is 31.4 Å². The summed E-state index contributed by atoms with van der Waals surface area (Å²) in [6, 6.07) is 3.02. The van der Waals surface area contributed by atoms with E-state index in [0.29, 0.717) is 18.7 Å². The Morgan fingerprint density at radius 3 is 2.86 bits per heavy atom. The quantitative estimate of drug-likeness (QED) is 0.672. The zero-order chi connectivity index (χ0) is 20.5. The van der Waals surface area contributed by atoms with Crippen molar-refractivity contribution in [3.05, 3.63) is 47.9 Å². The van der Waals surface area contributed by atoms with Gasteiger partial charge in [-0.05, 0) is 31.9 Å². The highest BCUT2D eigenvalue weighted by atomic mass is 19.1. The standard InChI is InChI=1S/C20H21F2N5O2/c1-12(29-16-6-5-14(21)10-15(16)22)20(28)27-9-3-4-13(11-27)17-18-19(26(2)25-17)24-8-7-23-18/h5-8,10,12-13H,3-4,9,11H2,1-2H3. The highest BCUT2D eigenvalue weighted by Crippen LogP contribution is 2.30. The van der Waals surface area contributed by atoms with Gasteiger partial charge >= 0.3 is 0 Å². The number of likely N-dealkylation sites (tertiary alicyclic amines) is 1. The highest BCUT2D eigenvalue weighted by Gasteiger charge is 2.31. The average Bonchev–Trinajstić information content (AvgIpc) is 3.06. The van der Waals surface area contributed by atoms with E-state index in [2.05, 4.69) is 15.1 Å². The Hall–Kier alpha value is -3.10. The second-order valence-electron chi connectivity index (χ2n) is 7.20. The van der Waals surface area contributed by atoms with E-state index in [0.717, 1.165) is 36.2 Å². The minimum Gasteiger partial charge on any atom is -0.478 e. The molecule has 0 radical (unpaired) electrons. The minimum absolute atomic E-state index is 0.0304.